The summed E-state index contributed by atoms with van der Waals surface area (Å²) in [6, 6.07) is 0.655. The van der Waals surface area contributed by atoms with Crippen LogP contribution in [0.5, 0.6) is 0 Å². The first kappa shape index (κ1) is 9.07. The second-order valence-electron chi connectivity index (χ2n) is 4.09. The van der Waals surface area contributed by atoms with E-state index >= 15 is 0 Å². The van der Waals surface area contributed by atoms with Gasteiger partial charge in [-0.3, -0.25) is 0 Å². The molecule has 0 aromatic carbocycles. The van der Waals surface area contributed by atoms with Crippen LogP contribution in [0.15, 0.2) is 10.8 Å². The van der Waals surface area contributed by atoms with Crippen molar-refractivity contribution in [2.24, 2.45) is 5.92 Å². The van der Waals surface area contributed by atoms with Crippen LogP contribution in [0.3, 0.4) is 0 Å². The van der Waals surface area contributed by atoms with Gasteiger partial charge in [0.2, 0.25) is 0 Å². The molecule has 2 heteroatoms. The molecule has 1 unspecified atom stereocenters. The number of aryl methyl sites for hydroxylation is 1. The third-order valence-electron chi connectivity index (χ3n) is 3.10. The Kier molecular flexibility index (Phi) is 2.58. The minimum Gasteiger partial charge on any atom is -0.381 e. The molecular weight excluding hydrogens is 178 g/mol. The maximum atomic E-state index is 3.60. The molecule has 0 spiro atoms. The van der Waals surface area contributed by atoms with Gasteiger partial charge < -0.3 is 5.32 Å². The second kappa shape index (κ2) is 3.70. The normalized spacial score (nSPS) is 19.5. The van der Waals surface area contributed by atoms with E-state index in [0.29, 0.717) is 6.04 Å². The van der Waals surface area contributed by atoms with E-state index in [4.69, 9.17) is 0 Å². The van der Waals surface area contributed by atoms with Crippen molar-refractivity contribution in [1.82, 2.24) is 0 Å². The molecule has 0 radical (unpaired) electrons. The van der Waals surface area contributed by atoms with Crippen LogP contribution in [0.2, 0.25) is 0 Å². The van der Waals surface area contributed by atoms with Crippen molar-refractivity contribution in [2.45, 2.75) is 39.2 Å². The summed E-state index contributed by atoms with van der Waals surface area (Å²) >= 11 is 1.78. The van der Waals surface area contributed by atoms with Crippen molar-refractivity contribution in [1.29, 1.82) is 0 Å². The zero-order valence-electron chi connectivity index (χ0n) is 8.34. The number of rotatable bonds is 3. The van der Waals surface area contributed by atoms with Gasteiger partial charge in [0.05, 0.1) is 0 Å². The summed E-state index contributed by atoms with van der Waals surface area (Å²) in [5.74, 6) is 0.916. The van der Waals surface area contributed by atoms with Gasteiger partial charge in [-0.1, -0.05) is 6.42 Å². The van der Waals surface area contributed by atoms with Crippen LogP contribution < -0.4 is 5.32 Å². The van der Waals surface area contributed by atoms with Crippen LogP contribution in [0, 0.1) is 12.8 Å². The molecule has 1 aromatic heterocycles. The van der Waals surface area contributed by atoms with Crippen molar-refractivity contribution in [2.75, 3.05) is 5.32 Å². The monoisotopic (exact) mass is 195 g/mol. The molecule has 1 N–H and O–H groups in total. The molecule has 72 valence electrons. The molecular formula is C11H17NS. The molecule has 13 heavy (non-hydrogen) atoms. The van der Waals surface area contributed by atoms with Crippen LogP contribution >= 0.6 is 11.3 Å². The average molecular weight is 195 g/mol. The number of nitrogens with one attached hydrogen (secondary N) is 1. The van der Waals surface area contributed by atoms with Crippen molar-refractivity contribution in [3.63, 3.8) is 0 Å². The summed E-state index contributed by atoms with van der Waals surface area (Å²) in [4.78, 5) is 0. The molecule has 0 saturated heterocycles. The maximum absolute atomic E-state index is 3.60. The Morgan fingerprint density at radius 1 is 1.46 bits per heavy atom. The van der Waals surface area contributed by atoms with Crippen molar-refractivity contribution < 1.29 is 0 Å². The lowest BCUT2D eigenvalue weighted by Crippen LogP contribution is -2.30. The van der Waals surface area contributed by atoms with Gasteiger partial charge in [-0.05, 0) is 43.6 Å². The van der Waals surface area contributed by atoms with Gasteiger partial charge >= 0.3 is 0 Å². The van der Waals surface area contributed by atoms with E-state index in [0.717, 1.165) is 5.92 Å². The van der Waals surface area contributed by atoms with E-state index in [1.54, 1.807) is 11.3 Å². The topological polar surface area (TPSA) is 12.0 Å². The highest BCUT2D eigenvalue weighted by Gasteiger charge is 2.23. The first-order chi connectivity index (χ1) is 6.27. The van der Waals surface area contributed by atoms with Gasteiger partial charge in [-0.2, -0.15) is 0 Å². The third kappa shape index (κ3) is 1.88. The van der Waals surface area contributed by atoms with Gasteiger partial charge in [0.15, 0.2) is 0 Å². The maximum Gasteiger partial charge on any atom is 0.0480 e. The molecule has 1 aliphatic rings. The van der Waals surface area contributed by atoms with Gasteiger partial charge in [0.25, 0.3) is 0 Å². The van der Waals surface area contributed by atoms with E-state index < -0.39 is 0 Å². The summed E-state index contributed by atoms with van der Waals surface area (Å²) in [5.41, 5.74) is 2.72. The molecule has 1 aliphatic carbocycles. The molecule has 1 aromatic rings. The highest BCUT2D eigenvalue weighted by atomic mass is 32.1. The van der Waals surface area contributed by atoms with Crippen LogP contribution in [0.25, 0.3) is 0 Å². The van der Waals surface area contributed by atoms with Crippen LogP contribution in [-0.2, 0) is 0 Å². The predicted octanol–water partition coefficient (Wildman–Crippen LogP) is 3.66. The Balaban J connectivity index is 1.93. The lowest BCUT2D eigenvalue weighted by molar-refractivity contribution is 0.285. The Bertz CT molecular complexity index is 275. The minimum absolute atomic E-state index is 0.655. The highest BCUT2D eigenvalue weighted by molar-refractivity contribution is 7.08. The fraction of sp³-hybridized carbons (Fsp3) is 0.636. The zero-order chi connectivity index (χ0) is 9.26. The first-order valence-electron chi connectivity index (χ1n) is 5.06. The lowest BCUT2D eigenvalue weighted by Gasteiger charge is -2.32. The largest absolute Gasteiger partial charge is 0.381 e. The summed E-state index contributed by atoms with van der Waals surface area (Å²) in [7, 11) is 0. The van der Waals surface area contributed by atoms with E-state index in [9.17, 15) is 0 Å². The Morgan fingerprint density at radius 3 is 2.69 bits per heavy atom. The minimum atomic E-state index is 0.655. The molecule has 1 heterocycles. The molecule has 1 nitrogen and oxygen atoms in total. The molecule has 0 amide bonds. The molecule has 1 saturated carbocycles. The molecule has 1 atom stereocenters. The van der Waals surface area contributed by atoms with E-state index in [1.807, 2.05) is 0 Å². The molecule has 0 aliphatic heterocycles. The number of hydrogen-bond donors (Lipinski definition) is 1. The summed E-state index contributed by atoms with van der Waals surface area (Å²) in [6.45, 7) is 4.48. The third-order valence-corrected chi connectivity index (χ3v) is 3.96. The van der Waals surface area contributed by atoms with Gasteiger partial charge in [0, 0.05) is 17.1 Å². The van der Waals surface area contributed by atoms with E-state index in [1.165, 1.54) is 30.5 Å². The van der Waals surface area contributed by atoms with E-state index in [2.05, 4.69) is 29.9 Å². The molecule has 0 bridgehead atoms. The van der Waals surface area contributed by atoms with Crippen LogP contribution in [-0.4, -0.2) is 6.04 Å². The number of anilines is 1. The lowest BCUT2D eigenvalue weighted by atomic mass is 9.80. The SMILES string of the molecule is Cc1cscc1NC(C)C1CCC1. The highest BCUT2D eigenvalue weighted by Crippen LogP contribution is 2.32. The van der Waals surface area contributed by atoms with Gasteiger partial charge in [-0.15, -0.1) is 11.3 Å². The number of hydrogen-bond acceptors (Lipinski definition) is 2. The standard InChI is InChI=1S/C11H17NS/c1-8-6-13-7-11(8)12-9(2)10-4-3-5-10/h6-7,9-10,12H,3-5H2,1-2H3. The first-order valence-corrected chi connectivity index (χ1v) is 6.01. The summed E-state index contributed by atoms with van der Waals surface area (Å²) in [5, 5.41) is 8.02. The van der Waals surface area contributed by atoms with E-state index in [-0.39, 0.29) is 0 Å². The van der Waals surface area contributed by atoms with Crippen LogP contribution in [0.4, 0.5) is 5.69 Å². The van der Waals surface area contributed by atoms with Gasteiger partial charge in [0.1, 0.15) is 0 Å². The van der Waals surface area contributed by atoms with Crippen molar-refractivity contribution in [3.05, 3.63) is 16.3 Å². The second-order valence-corrected chi connectivity index (χ2v) is 4.84. The summed E-state index contributed by atoms with van der Waals surface area (Å²) < 4.78 is 0. The van der Waals surface area contributed by atoms with Crippen LogP contribution in [0.1, 0.15) is 31.7 Å². The summed E-state index contributed by atoms with van der Waals surface area (Å²) in [6.07, 6.45) is 4.26. The Labute approximate surface area is 84.2 Å². The zero-order valence-corrected chi connectivity index (χ0v) is 9.16. The molecule has 2 rings (SSSR count). The Morgan fingerprint density at radius 2 is 2.23 bits per heavy atom. The van der Waals surface area contributed by atoms with Crippen molar-refractivity contribution >= 4 is 17.0 Å². The fourth-order valence-corrected chi connectivity index (χ4v) is 2.60. The van der Waals surface area contributed by atoms with Gasteiger partial charge in [-0.25, -0.2) is 0 Å². The quantitative estimate of drug-likeness (QED) is 0.776. The molecule has 1 fully saturated rings. The smallest absolute Gasteiger partial charge is 0.0480 e. The average Bonchev–Trinajstić information content (AvgIpc) is 2.32. The fourth-order valence-electron chi connectivity index (χ4n) is 1.81. The Hall–Kier alpha value is -0.500. The van der Waals surface area contributed by atoms with Crippen molar-refractivity contribution in [3.8, 4) is 0 Å². The predicted molar refractivity (Wildman–Crippen MR) is 59.5 cm³/mol. The number of thiophene rings is 1.